The Morgan fingerprint density at radius 3 is 2.40 bits per heavy atom. The second kappa shape index (κ2) is 13.1. The molecule has 47 heavy (non-hydrogen) atoms. The van der Waals surface area contributed by atoms with Gasteiger partial charge in [0.05, 0.1) is 23.8 Å². The van der Waals surface area contributed by atoms with Crippen LogP contribution in [0.5, 0.6) is 0 Å². The summed E-state index contributed by atoms with van der Waals surface area (Å²) >= 11 is 0. The lowest BCUT2D eigenvalue weighted by atomic mass is 9.92. The molecule has 0 saturated carbocycles. The molecular formula is C38H36N4O4S. The second-order valence-corrected chi connectivity index (χ2v) is 13.9. The number of hydrogen-bond donors (Lipinski definition) is 1. The van der Waals surface area contributed by atoms with Gasteiger partial charge in [-0.2, -0.15) is 0 Å². The summed E-state index contributed by atoms with van der Waals surface area (Å²) in [4.78, 5) is 25.6. The van der Waals surface area contributed by atoms with E-state index < -0.39 is 9.84 Å². The van der Waals surface area contributed by atoms with Crippen molar-refractivity contribution in [1.82, 2.24) is 14.9 Å². The molecule has 0 spiro atoms. The van der Waals surface area contributed by atoms with Crippen molar-refractivity contribution in [3.8, 4) is 22.3 Å². The van der Waals surface area contributed by atoms with Crippen LogP contribution in [0.4, 0.5) is 5.69 Å². The van der Waals surface area contributed by atoms with Gasteiger partial charge in [-0.1, -0.05) is 66.7 Å². The Bertz CT molecular complexity index is 2140. The van der Waals surface area contributed by atoms with E-state index in [1.165, 1.54) is 0 Å². The van der Waals surface area contributed by atoms with Crippen LogP contribution in [0, 0.1) is 0 Å². The number of benzene rings is 4. The molecule has 1 aliphatic heterocycles. The molecular weight excluding hydrogens is 609 g/mol. The van der Waals surface area contributed by atoms with Crippen molar-refractivity contribution in [3.63, 3.8) is 0 Å². The van der Waals surface area contributed by atoms with Crippen LogP contribution in [0.3, 0.4) is 0 Å². The average Bonchev–Trinajstić information content (AvgIpc) is 3.27. The number of nitrogens with one attached hydrogen (secondary N) is 1. The van der Waals surface area contributed by atoms with Gasteiger partial charge in [0.15, 0.2) is 9.84 Å². The van der Waals surface area contributed by atoms with Gasteiger partial charge in [0.1, 0.15) is 5.65 Å². The monoisotopic (exact) mass is 644 g/mol. The molecule has 6 aromatic rings. The number of ether oxygens (including phenoxy) is 1. The van der Waals surface area contributed by atoms with Gasteiger partial charge in [-0.15, -0.1) is 0 Å². The lowest BCUT2D eigenvalue weighted by Gasteiger charge is -2.23. The minimum Gasteiger partial charge on any atom is -0.380 e. The molecule has 7 rings (SSSR count). The number of carbonyl (C=O) groups excluding carboxylic acids is 1. The van der Waals surface area contributed by atoms with E-state index in [2.05, 4.69) is 22.0 Å². The zero-order valence-electron chi connectivity index (χ0n) is 26.2. The third-order valence-electron chi connectivity index (χ3n) is 8.82. The lowest BCUT2D eigenvalue weighted by Crippen LogP contribution is -2.39. The first kappa shape index (κ1) is 30.8. The van der Waals surface area contributed by atoms with E-state index in [0.29, 0.717) is 23.6 Å². The van der Waals surface area contributed by atoms with E-state index in [4.69, 9.17) is 9.72 Å². The number of sulfone groups is 1. The number of rotatable bonds is 8. The highest BCUT2D eigenvalue weighted by Crippen LogP contribution is 2.41. The fourth-order valence-corrected chi connectivity index (χ4v) is 7.67. The molecule has 0 radical (unpaired) electrons. The Morgan fingerprint density at radius 2 is 1.64 bits per heavy atom. The zero-order chi connectivity index (χ0) is 32.4. The number of amides is 1. The minimum absolute atomic E-state index is 0.0385. The third-order valence-corrected chi connectivity index (χ3v) is 10.5. The van der Waals surface area contributed by atoms with Gasteiger partial charge < -0.3 is 14.6 Å². The third kappa shape index (κ3) is 6.42. The molecule has 1 amide bonds. The van der Waals surface area contributed by atoms with Crippen molar-refractivity contribution in [1.29, 1.82) is 0 Å². The van der Waals surface area contributed by atoms with Gasteiger partial charge in [0.25, 0.3) is 0 Å². The molecule has 8 nitrogen and oxygen atoms in total. The molecule has 0 unspecified atom stereocenters. The molecule has 4 aromatic carbocycles. The topological polar surface area (TPSA) is 95.6 Å². The Balaban J connectivity index is 1.26. The van der Waals surface area contributed by atoms with Gasteiger partial charge in [0.2, 0.25) is 5.91 Å². The number of H-pyrrole nitrogens is 1. The summed E-state index contributed by atoms with van der Waals surface area (Å²) in [7, 11) is -1.71. The number of aromatic amines is 1. The lowest BCUT2D eigenvalue weighted by molar-refractivity contribution is -0.119. The maximum absolute atomic E-state index is 13.2. The van der Waals surface area contributed by atoms with Crippen LogP contribution < -0.4 is 4.90 Å². The first-order valence-corrected chi connectivity index (χ1v) is 17.5. The van der Waals surface area contributed by atoms with Gasteiger partial charge in [0, 0.05) is 66.0 Å². The number of carbonyl (C=O) groups is 1. The quantitative estimate of drug-likeness (QED) is 0.198. The van der Waals surface area contributed by atoms with Crippen LogP contribution in [0.1, 0.15) is 12.0 Å². The minimum atomic E-state index is -3.52. The number of hydrogen-bond acceptors (Lipinski definition) is 6. The van der Waals surface area contributed by atoms with Crippen molar-refractivity contribution >= 4 is 43.4 Å². The predicted molar refractivity (Wildman–Crippen MR) is 187 cm³/mol. The number of nitrogens with zero attached hydrogens (tertiary/aromatic N) is 3. The van der Waals surface area contributed by atoms with E-state index in [1.807, 2.05) is 80.0 Å². The van der Waals surface area contributed by atoms with Crippen molar-refractivity contribution in [2.45, 2.75) is 17.1 Å². The molecule has 1 saturated heterocycles. The van der Waals surface area contributed by atoms with Gasteiger partial charge in [-0.05, 0) is 59.5 Å². The van der Waals surface area contributed by atoms with E-state index in [1.54, 1.807) is 29.2 Å². The standard InChI is InChI=1S/C38H36N4O4S/c1-41(35(43)25-42-19-8-21-46-22-20-42)30-16-14-28(15-17-30)33-24-39-38-37(36(33)29-9-4-2-5-10-29)32-23-27(13-18-34(32)40-38)26-47(44,45)31-11-6-3-7-12-31/h2-7,9-18,23-24H,8,19-22,25-26H2,1H3,(H,39,40). The van der Waals surface area contributed by atoms with Crippen molar-refractivity contribution < 1.29 is 17.9 Å². The number of fused-ring (bicyclic) bond motifs is 3. The van der Waals surface area contributed by atoms with E-state index in [-0.39, 0.29) is 11.7 Å². The SMILES string of the molecule is CN(C(=O)CN1CCCOCC1)c1ccc(-c2cnc3[nH]c4ccc(CS(=O)(=O)c5ccccc5)cc4c3c2-c2ccccc2)cc1. The molecule has 0 aliphatic carbocycles. The molecule has 0 atom stereocenters. The molecule has 238 valence electrons. The van der Waals surface area contributed by atoms with Crippen LogP contribution in [0.2, 0.25) is 0 Å². The van der Waals surface area contributed by atoms with Gasteiger partial charge >= 0.3 is 0 Å². The molecule has 1 aliphatic rings. The second-order valence-electron chi connectivity index (χ2n) is 12.0. The number of pyridine rings is 1. The summed E-state index contributed by atoms with van der Waals surface area (Å²) in [6.45, 7) is 3.36. The number of anilines is 1. The highest BCUT2D eigenvalue weighted by Gasteiger charge is 2.21. The normalized spacial score (nSPS) is 14.3. The fraction of sp³-hybridized carbons (Fsp3) is 0.211. The first-order valence-electron chi connectivity index (χ1n) is 15.8. The predicted octanol–water partition coefficient (Wildman–Crippen LogP) is 6.71. The Hall–Kier alpha value is -4.83. The molecule has 1 N–H and O–H groups in total. The maximum atomic E-state index is 13.2. The smallest absolute Gasteiger partial charge is 0.240 e. The summed E-state index contributed by atoms with van der Waals surface area (Å²) in [5, 5.41) is 1.84. The van der Waals surface area contributed by atoms with Crippen LogP contribution in [-0.2, 0) is 25.1 Å². The van der Waals surface area contributed by atoms with E-state index >= 15 is 0 Å². The molecule has 3 heterocycles. The van der Waals surface area contributed by atoms with E-state index in [0.717, 1.165) is 76.0 Å². The van der Waals surface area contributed by atoms with Crippen LogP contribution >= 0.6 is 0 Å². The highest BCUT2D eigenvalue weighted by molar-refractivity contribution is 7.90. The molecule has 2 aromatic heterocycles. The molecule has 1 fully saturated rings. The summed E-state index contributed by atoms with van der Waals surface area (Å²) in [6.07, 6.45) is 2.81. The van der Waals surface area contributed by atoms with Crippen LogP contribution in [-0.4, -0.2) is 69.1 Å². The number of aromatic nitrogens is 2. The van der Waals surface area contributed by atoms with Crippen molar-refractivity contribution in [2.75, 3.05) is 44.8 Å². The summed E-state index contributed by atoms with van der Waals surface area (Å²) in [6, 6.07) is 32.5. The Labute approximate surface area is 274 Å². The van der Waals surface area contributed by atoms with Crippen molar-refractivity contribution in [2.24, 2.45) is 0 Å². The summed E-state index contributed by atoms with van der Waals surface area (Å²) < 4.78 is 32.0. The van der Waals surface area contributed by atoms with Gasteiger partial charge in [-0.3, -0.25) is 9.69 Å². The highest BCUT2D eigenvalue weighted by atomic mass is 32.2. The van der Waals surface area contributed by atoms with E-state index in [9.17, 15) is 13.2 Å². The first-order chi connectivity index (χ1) is 22.9. The zero-order valence-corrected chi connectivity index (χ0v) is 27.0. The van der Waals surface area contributed by atoms with Crippen LogP contribution in [0.15, 0.2) is 114 Å². The largest absolute Gasteiger partial charge is 0.380 e. The summed E-state index contributed by atoms with van der Waals surface area (Å²) in [5.74, 6) is -0.0660. The fourth-order valence-electron chi connectivity index (χ4n) is 6.31. The summed E-state index contributed by atoms with van der Waals surface area (Å²) in [5.41, 5.74) is 7.07. The van der Waals surface area contributed by atoms with Gasteiger partial charge in [-0.25, -0.2) is 13.4 Å². The Morgan fingerprint density at radius 1 is 0.894 bits per heavy atom. The number of likely N-dealkylation sites (N-methyl/N-ethyl adjacent to an activating group) is 1. The van der Waals surface area contributed by atoms with Crippen molar-refractivity contribution in [3.05, 3.63) is 115 Å². The Kier molecular flexibility index (Phi) is 8.60. The molecule has 9 heteroatoms. The average molecular weight is 645 g/mol. The molecule has 0 bridgehead atoms. The van der Waals surface area contributed by atoms with Crippen LogP contribution in [0.25, 0.3) is 44.2 Å². The maximum Gasteiger partial charge on any atom is 0.240 e.